The number of ether oxygens (including phenoxy) is 2. The van der Waals surface area contributed by atoms with Crippen molar-refractivity contribution in [1.82, 2.24) is 10.2 Å². The summed E-state index contributed by atoms with van der Waals surface area (Å²) >= 11 is 1.50. The fourth-order valence-electron chi connectivity index (χ4n) is 4.93. The second kappa shape index (κ2) is 9.78. The zero-order valence-corrected chi connectivity index (χ0v) is 21.4. The van der Waals surface area contributed by atoms with E-state index >= 15 is 0 Å². The van der Waals surface area contributed by atoms with Crippen molar-refractivity contribution in [3.8, 4) is 11.5 Å². The summed E-state index contributed by atoms with van der Waals surface area (Å²) in [6, 6.07) is 21.1. The Bertz CT molecular complexity index is 1310. The molecule has 5 rings (SSSR count). The van der Waals surface area contributed by atoms with Gasteiger partial charge in [0.2, 0.25) is 0 Å². The first-order valence-electron chi connectivity index (χ1n) is 11.8. The van der Waals surface area contributed by atoms with Gasteiger partial charge >= 0.3 is 6.03 Å². The Labute approximate surface area is 215 Å². The van der Waals surface area contributed by atoms with E-state index in [9.17, 15) is 9.59 Å². The van der Waals surface area contributed by atoms with Crippen molar-refractivity contribution in [2.24, 2.45) is 0 Å². The molecule has 186 valence electrons. The first kappa shape index (κ1) is 24.1. The first-order chi connectivity index (χ1) is 17.5. The number of carbonyl (C=O) groups excluding carboxylic acids is 2. The number of nitrogens with zero attached hydrogens (tertiary/aromatic N) is 2. The van der Waals surface area contributed by atoms with Gasteiger partial charge in [-0.15, -0.1) is 11.8 Å². The predicted octanol–water partition coefficient (Wildman–Crippen LogP) is 4.67. The molecule has 3 aromatic carbocycles. The number of hydrogen-bond donors (Lipinski definition) is 1. The van der Waals surface area contributed by atoms with Crippen LogP contribution in [0.1, 0.15) is 22.3 Å². The summed E-state index contributed by atoms with van der Waals surface area (Å²) < 4.78 is 10.9. The third-order valence-electron chi connectivity index (χ3n) is 6.65. The van der Waals surface area contributed by atoms with Gasteiger partial charge in [-0.1, -0.05) is 42.0 Å². The number of benzene rings is 3. The van der Waals surface area contributed by atoms with Crippen LogP contribution in [0.2, 0.25) is 0 Å². The van der Waals surface area contributed by atoms with Crippen LogP contribution in [0.25, 0.3) is 0 Å². The van der Waals surface area contributed by atoms with Crippen LogP contribution in [-0.4, -0.2) is 43.4 Å². The Hall–Kier alpha value is -3.65. The van der Waals surface area contributed by atoms with Crippen LogP contribution in [0, 0.1) is 6.92 Å². The lowest BCUT2D eigenvalue weighted by molar-refractivity contribution is -0.123. The van der Waals surface area contributed by atoms with Crippen molar-refractivity contribution in [2.75, 3.05) is 31.4 Å². The van der Waals surface area contributed by atoms with E-state index in [1.165, 1.54) is 11.8 Å². The van der Waals surface area contributed by atoms with Crippen LogP contribution in [0.4, 0.5) is 10.5 Å². The monoisotopic (exact) mass is 503 g/mol. The van der Waals surface area contributed by atoms with Crippen LogP contribution < -0.4 is 19.7 Å². The van der Waals surface area contributed by atoms with Crippen LogP contribution in [0.3, 0.4) is 0 Å². The van der Waals surface area contributed by atoms with Crippen LogP contribution in [0.5, 0.6) is 11.5 Å². The van der Waals surface area contributed by atoms with Gasteiger partial charge in [0, 0.05) is 24.4 Å². The average Bonchev–Trinajstić information content (AvgIpc) is 3.44. The summed E-state index contributed by atoms with van der Waals surface area (Å²) in [7, 11) is 3.23. The minimum atomic E-state index is -1.14. The summed E-state index contributed by atoms with van der Waals surface area (Å²) in [6.45, 7) is 3.26. The highest BCUT2D eigenvalue weighted by Gasteiger charge is 2.59. The normalized spacial score (nSPS) is 18.5. The molecule has 0 aromatic heterocycles. The number of carbonyl (C=O) groups is 2. The van der Waals surface area contributed by atoms with Gasteiger partial charge in [0.25, 0.3) is 5.91 Å². The predicted molar refractivity (Wildman–Crippen MR) is 141 cm³/mol. The van der Waals surface area contributed by atoms with Crippen molar-refractivity contribution in [3.63, 3.8) is 0 Å². The summed E-state index contributed by atoms with van der Waals surface area (Å²) in [4.78, 5) is 30.0. The van der Waals surface area contributed by atoms with Gasteiger partial charge in [-0.05, 0) is 48.4 Å². The summed E-state index contributed by atoms with van der Waals surface area (Å²) in [5.74, 6) is 1.92. The summed E-state index contributed by atoms with van der Waals surface area (Å²) in [5.41, 5.74) is 4.66. The fourth-order valence-corrected chi connectivity index (χ4v) is 6.38. The van der Waals surface area contributed by atoms with E-state index in [-0.39, 0.29) is 11.9 Å². The molecular formula is C28H29N3O4S. The van der Waals surface area contributed by atoms with E-state index < -0.39 is 4.87 Å². The molecule has 1 N–H and O–H groups in total. The van der Waals surface area contributed by atoms with E-state index in [4.69, 9.17) is 9.47 Å². The van der Waals surface area contributed by atoms with Gasteiger partial charge in [0.05, 0.1) is 26.5 Å². The molecule has 7 nitrogen and oxygen atoms in total. The number of urea groups is 1. The molecule has 0 saturated carbocycles. The standard InChI is InChI=1S/C28H29N3O4S/c1-19-6-4-7-20(14-19)17-29-27(33)31-12-13-36-28(31)24-16-23(35-3)10-11-25(24)30(26(28)32)18-21-8-5-9-22(15-21)34-2/h4-11,14-16H,12-13,17-18H2,1-3H3,(H,29,33)/t28-/m1/s1. The van der Waals surface area contributed by atoms with E-state index in [0.717, 1.165) is 33.7 Å². The molecule has 8 heteroatoms. The summed E-state index contributed by atoms with van der Waals surface area (Å²) in [6.07, 6.45) is 0. The molecule has 1 atom stereocenters. The Morgan fingerprint density at radius 1 is 1.00 bits per heavy atom. The SMILES string of the molecule is COc1cccc(CN2C(=O)[C@]3(SCCN3C(=O)NCc3cccc(C)c3)c3cc(OC)ccc32)c1. The Balaban J connectivity index is 1.48. The molecule has 3 aromatic rings. The number of anilines is 1. The Kier molecular flexibility index (Phi) is 6.53. The van der Waals surface area contributed by atoms with Gasteiger partial charge in [-0.3, -0.25) is 9.69 Å². The quantitative estimate of drug-likeness (QED) is 0.529. The molecule has 0 radical (unpaired) electrons. The van der Waals surface area contributed by atoms with E-state index in [1.807, 2.05) is 73.7 Å². The van der Waals surface area contributed by atoms with Crippen molar-refractivity contribution >= 4 is 29.4 Å². The molecule has 3 amide bonds. The smallest absolute Gasteiger partial charge is 0.319 e. The Morgan fingerprint density at radius 2 is 1.75 bits per heavy atom. The second-order valence-electron chi connectivity index (χ2n) is 8.92. The van der Waals surface area contributed by atoms with Crippen molar-refractivity contribution in [1.29, 1.82) is 0 Å². The highest BCUT2D eigenvalue weighted by molar-refractivity contribution is 8.01. The third kappa shape index (κ3) is 4.15. The maximum absolute atomic E-state index is 14.2. The lowest BCUT2D eigenvalue weighted by atomic mass is 10.1. The number of amides is 3. The number of thioether (sulfide) groups is 1. The average molecular weight is 504 g/mol. The zero-order chi connectivity index (χ0) is 25.3. The molecular weight excluding hydrogens is 474 g/mol. The van der Waals surface area contributed by atoms with Gasteiger partial charge in [-0.2, -0.15) is 0 Å². The van der Waals surface area contributed by atoms with Crippen molar-refractivity contribution < 1.29 is 19.1 Å². The Morgan fingerprint density at radius 3 is 2.53 bits per heavy atom. The first-order valence-corrected chi connectivity index (χ1v) is 12.8. The number of methoxy groups -OCH3 is 2. The molecule has 0 bridgehead atoms. The van der Waals surface area contributed by atoms with Crippen molar-refractivity contribution in [3.05, 3.63) is 89.0 Å². The molecule has 1 fully saturated rings. The second-order valence-corrected chi connectivity index (χ2v) is 10.2. The third-order valence-corrected chi connectivity index (χ3v) is 8.07. The molecule has 1 saturated heterocycles. The van der Waals surface area contributed by atoms with Gasteiger partial charge < -0.3 is 19.7 Å². The molecule has 2 aliphatic rings. The number of rotatable bonds is 6. The summed E-state index contributed by atoms with van der Waals surface area (Å²) in [5, 5.41) is 3.03. The van der Waals surface area contributed by atoms with E-state index in [1.54, 1.807) is 24.0 Å². The number of nitrogens with one attached hydrogen (secondary N) is 1. The van der Waals surface area contributed by atoms with Crippen molar-refractivity contribution in [2.45, 2.75) is 24.9 Å². The van der Waals surface area contributed by atoms with E-state index in [0.29, 0.717) is 31.1 Å². The molecule has 2 heterocycles. The number of hydrogen-bond acceptors (Lipinski definition) is 5. The lowest BCUT2D eigenvalue weighted by Crippen LogP contribution is -2.53. The lowest BCUT2D eigenvalue weighted by Gasteiger charge is -2.33. The zero-order valence-electron chi connectivity index (χ0n) is 20.6. The molecule has 0 unspecified atom stereocenters. The molecule has 36 heavy (non-hydrogen) atoms. The van der Waals surface area contributed by atoms with Crippen LogP contribution in [-0.2, 0) is 22.8 Å². The van der Waals surface area contributed by atoms with Crippen LogP contribution >= 0.6 is 11.8 Å². The van der Waals surface area contributed by atoms with Gasteiger partial charge in [0.15, 0.2) is 4.87 Å². The minimum Gasteiger partial charge on any atom is -0.497 e. The number of fused-ring (bicyclic) bond motifs is 2. The van der Waals surface area contributed by atoms with Gasteiger partial charge in [-0.25, -0.2) is 4.79 Å². The highest BCUT2D eigenvalue weighted by atomic mass is 32.2. The van der Waals surface area contributed by atoms with Gasteiger partial charge in [0.1, 0.15) is 11.5 Å². The molecule has 2 aliphatic heterocycles. The maximum atomic E-state index is 14.2. The minimum absolute atomic E-state index is 0.123. The largest absolute Gasteiger partial charge is 0.497 e. The fraction of sp³-hybridized carbons (Fsp3) is 0.286. The molecule has 1 spiro atoms. The number of aryl methyl sites for hydroxylation is 1. The van der Waals surface area contributed by atoms with Crippen LogP contribution in [0.15, 0.2) is 66.7 Å². The highest BCUT2D eigenvalue weighted by Crippen LogP contribution is 2.55. The maximum Gasteiger partial charge on any atom is 0.319 e. The van der Waals surface area contributed by atoms with E-state index in [2.05, 4.69) is 5.32 Å². The topological polar surface area (TPSA) is 71.1 Å². The molecule has 0 aliphatic carbocycles.